The van der Waals surface area contributed by atoms with Crippen LogP contribution in [0.4, 0.5) is 17.5 Å². The number of aryl methyl sites for hydroxylation is 1. The van der Waals surface area contributed by atoms with Crippen molar-refractivity contribution in [2.24, 2.45) is 17.8 Å². The van der Waals surface area contributed by atoms with Crippen molar-refractivity contribution in [2.75, 3.05) is 10.6 Å². The van der Waals surface area contributed by atoms with E-state index in [0.717, 1.165) is 28.8 Å². The molecule has 2 aliphatic carbocycles. The van der Waals surface area contributed by atoms with E-state index >= 15 is 0 Å². The maximum absolute atomic E-state index is 9.76. The lowest BCUT2D eigenvalue weighted by Crippen LogP contribution is -2.32. The van der Waals surface area contributed by atoms with Gasteiger partial charge < -0.3 is 10.6 Å². The zero-order valence-electron chi connectivity index (χ0n) is 17.7. The summed E-state index contributed by atoms with van der Waals surface area (Å²) in [6.07, 6.45) is 7.14. The Hall–Kier alpha value is -4.16. The van der Waals surface area contributed by atoms with Gasteiger partial charge in [-0.05, 0) is 60.6 Å². The smallest absolute Gasteiger partial charge is 0.229 e. The Balaban J connectivity index is 1.53. The van der Waals surface area contributed by atoms with Crippen LogP contribution in [0, 0.1) is 47.3 Å². The average molecular weight is 419 g/mol. The fourth-order valence-corrected chi connectivity index (χ4v) is 4.72. The van der Waals surface area contributed by atoms with E-state index in [4.69, 9.17) is 4.98 Å². The van der Waals surface area contributed by atoms with Crippen LogP contribution in [-0.4, -0.2) is 16.0 Å². The van der Waals surface area contributed by atoms with Crippen LogP contribution >= 0.6 is 0 Å². The number of fused-ring (bicyclic) bond motifs is 2. The Bertz CT molecular complexity index is 1280. The van der Waals surface area contributed by atoms with Gasteiger partial charge in [-0.2, -0.15) is 15.5 Å². The topological polar surface area (TPSA) is 97.4 Å². The first-order valence-electron chi connectivity index (χ1n) is 10.7. The number of rotatable bonds is 5. The van der Waals surface area contributed by atoms with Crippen LogP contribution in [0.25, 0.3) is 11.1 Å². The number of nitrogens with one attached hydrogen (secondary N) is 2. The summed E-state index contributed by atoms with van der Waals surface area (Å²) in [5, 5.41) is 25.9. The number of nitriles is 2. The van der Waals surface area contributed by atoms with Crippen LogP contribution in [0.1, 0.15) is 17.5 Å². The van der Waals surface area contributed by atoms with Gasteiger partial charge in [-0.25, -0.2) is 4.98 Å². The zero-order valence-corrected chi connectivity index (χ0v) is 17.7. The number of anilines is 3. The van der Waals surface area contributed by atoms with Gasteiger partial charge in [0.1, 0.15) is 5.82 Å². The van der Waals surface area contributed by atoms with Gasteiger partial charge in [-0.1, -0.05) is 36.4 Å². The fourth-order valence-electron chi connectivity index (χ4n) is 4.72. The molecule has 6 nitrogen and oxygen atoms in total. The second-order valence-electron chi connectivity index (χ2n) is 8.42. The van der Waals surface area contributed by atoms with Crippen LogP contribution in [0.15, 0.2) is 66.9 Å². The highest BCUT2D eigenvalue weighted by Gasteiger charge is 2.45. The molecule has 2 bridgehead atoms. The third-order valence-corrected chi connectivity index (χ3v) is 6.28. The average Bonchev–Trinajstić information content (AvgIpc) is 3.41. The molecular weight excluding hydrogens is 396 g/mol. The monoisotopic (exact) mass is 418 g/mol. The van der Waals surface area contributed by atoms with Gasteiger partial charge in [-0.3, -0.25) is 0 Å². The third-order valence-electron chi connectivity index (χ3n) is 6.28. The molecule has 5 rings (SSSR count). The first-order valence-corrected chi connectivity index (χ1v) is 10.7. The highest BCUT2D eigenvalue weighted by Crippen LogP contribution is 2.45. The van der Waals surface area contributed by atoms with Crippen molar-refractivity contribution in [1.82, 2.24) is 9.97 Å². The van der Waals surface area contributed by atoms with Crippen LogP contribution < -0.4 is 10.6 Å². The van der Waals surface area contributed by atoms with E-state index in [1.807, 2.05) is 49.4 Å². The van der Waals surface area contributed by atoms with Crippen LogP contribution in [-0.2, 0) is 0 Å². The van der Waals surface area contributed by atoms with Crippen molar-refractivity contribution in [1.29, 1.82) is 10.5 Å². The predicted molar refractivity (Wildman–Crippen MR) is 124 cm³/mol. The van der Waals surface area contributed by atoms with E-state index in [1.54, 1.807) is 12.3 Å². The molecule has 4 atom stereocenters. The molecule has 0 amide bonds. The summed E-state index contributed by atoms with van der Waals surface area (Å²) in [5.41, 5.74) is 4.30. The Morgan fingerprint density at radius 1 is 1.03 bits per heavy atom. The van der Waals surface area contributed by atoms with Crippen molar-refractivity contribution in [3.05, 3.63) is 78.0 Å². The molecule has 1 aromatic heterocycles. The molecular formula is C26H22N6. The summed E-state index contributed by atoms with van der Waals surface area (Å²) in [4.78, 5) is 9.33. The number of hydrogen-bond acceptors (Lipinski definition) is 6. The lowest BCUT2D eigenvalue weighted by Gasteiger charge is -2.26. The predicted octanol–water partition coefficient (Wildman–Crippen LogP) is 5.19. The molecule has 6 heteroatoms. The van der Waals surface area contributed by atoms with E-state index in [-0.39, 0.29) is 12.0 Å². The summed E-state index contributed by atoms with van der Waals surface area (Å²) < 4.78 is 0. The maximum Gasteiger partial charge on any atom is 0.229 e. The molecule has 0 spiro atoms. The fraction of sp³-hybridized carbons (Fsp3) is 0.231. The molecule has 0 aliphatic heterocycles. The van der Waals surface area contributed by atoms with Gasteiger partial charge in [0.2, 0.25) is 5.95 Å². The van der Waals surface area contributed by atoms with Crippen molar-refractivity contribution in [3.8, 4) is 23.3 Å². The van der Waals surface area contributed by atoms with E-state index in [0.29, 0.717) is 29.2 Å². The first kappa shape index (κ1) is 19.8. The van der Waals surface area contributed by atoms with E-state index in [2.05, 4.69) is 39.9 Å². The van der Waals surface area contributed by atoms with Gasteiger partial charge in [-0.15, -0.1) is 0 Å². The van der Waals surface area contributed by atoms with E-state index < -0.39 is 0 Å². The zero-order chi connectivity index (χ0) is 22.1. The second-order valence-corrected chi connectivity index (χ2v) is 8.42. The van der Waals surface area contributed by atoms with E-state index in [1.165, 1.54) is 0 Å². The molecule has 3 aromatic rings. The number of allylic oxidation sites excluding steroid dienone is 1. The molecule has 1 saturated carbocycles. The molecule has 2 aromatic carbocycles. The Morgan fingerprint density at radius 2 is 1.88 bits per heavy atom. The molecule has 0 radical (unpaired) electrons. The van der Waals surface area contributed by atoms with Crippen LogP contribution in [0.3, 0.4) is 0 Å². The maximum atomic E-state index is 9.76. The van der Waals surface area contributed by atoms with Gasteiger partial charge >= 0.3 is 0 Å². The summed E-state index contributed by atoms with van der Waals surface area (Å²) in [5.74, 6) is 1.65. The van der Waals surface area contributed by atoms with Crippen LogP contribution in [0.2, 0.25) is 0 Å². The van der Waals surface area contributed by atoms with Gasteiger partial charge in [0.15, 0.2) is 0 Å². The lowest BCUT2D eigenvalue weighted by atomic mass is 9.90. The highest BCUT2D eigenvalue weighted by molar-refractivity contribution is 5.77. The molecule has 32 heavy (non-hydrogen) atoms. The molecule has 2 N–H and O–H groups in total. The van der Waals surface area contributed by atoms with Crippen molar-refractivity contribution >= 4 is 17.5 Å². The second kappa shape index (κ2) is 8.17. The molecule has 1 fully saturated rings. The number of hydrogen-bond donors (Lipinski definition) is 2. The Kier molecular flexibility index (Phi) is 5.05. The Labute approximate surface area is 187 Å². The molecule has 0 saturated heterocycles. The summed E-state index contributed by atoms with van der Waals surface area (Å²) in [7, 11) is 0. The summed E-state index contributed by atoms with van der Waals surface area (Å²) >= 11 is 0. The van der Waals surface area contributed by atoms with Crippen molar-refractivity contribution < 1.29 is 0 Å². The molecule has 1 heterocycles. The van der Waals surface area contributed by atoms with Gasteiger partial charge in [0.25, 0.3) is 0 Å². The Morgan fingerprint density at radius 3 is 2.69 bits per heavy atom. The third kappa shape index (κ3) is 3.68. The first-order chi connectivity index (χ1) is 15.6. The minimum Gasteiger partial charge on any atom is -0.365 e. The minimum absolute atomic E-state index is 0.00498. The SMILES string of the molecule is Cc1cccc(Nc2ncc(-c3cccc(C#N)c3)c(NC3C4C=C[C@H](C4)C3C#N)n2)c1. The number of aromatic nitrogens is 2. The summed E-state index contributed by atoms with van der Waals surface area (Å²) in [6.45, 7) is 2.04. The summed E-state index contributed by atoms with van der Waals surface area (Å²) in [6, 6.07) is 20.1. The van der Waals surface area contributed by atoms with Crippen LogP contribution in [0.5, 0.6) is 0 Å². The largest absolute Gasteiger partial charge is 0.365 e. The quantitative estimate of drug-likeness (QED) is 0.553. The number of benzene rings is 2. The minimum atomic E-state index is -0.0913. The van der Waals surface area contributed by atoms with E-state index in [9.17, 15) is 10.5 Å². The van der Waals surface area contributed by atoms with Crippen molar-refractivity contribution in [3.63, 3.8) is 0 Å². The molecule has 2 aliphatic rings. The normalized spacial score (nSPS) is 22.8. The highest BCUT2D eigenvalue weighted by atomic mass is 15.2. The van der Waals surface area contributed by atoms with Gasteiger partial charge in [0, 0.05) is 17.4 Å². The van der Waals surface area contributed by atoms with Gasteiger partial charge in [0.05, 0.1) is 29.7 Å². The number of nitrogens with zero attached hydrogens (tertiary/aromatic N) is 4. The van der Waals surface area contributed by atoms with Crippen molar-refractivity contribution in [2.45, 2.75) is 19.4 Å². The standard InChI is InChI=1S/C26H22N6/c1-16-4-2-7-21(10-16)30-26-29-15-23(18-6-3-5-17(11-18)13-27)25(32-26)31-24-20-9-8-19(12-20)22(24)14-28/h2-11,15,19-20,22,24H,12H2,1H3,(H2,29,30,31,32)/t19-,20?,22?,24?/m1/s1. The lowest BCUT2D eigenvalue weighted by molar-refractivity contribution is 0.511. The molecule has 156 valence electrons. The molecule has 3 unspecified atom stereocenters.